The Morgan fingerprint density at radius 2 is 2.06 bits per heavy atom. The summed E-state index contributed by atoms with van der Waals surface area (Å²) in [6.07, 6.45) is 3.56. The van der Waals surface area contributed by atoms with E-state index in [1.807, 2.05) is 7.05 Å². The van der Waals surface area contributed by atoms with Gasteiger partial charge in [-0.3, -0.25) is 0 Å². The lowest BCUT2D eigenvalue weighted by molar-refractivity contribution is 0.449. The van der Waals surface area contributed by atoms with Gasteiger partial charge >= 0.3 is 0 Å². The van der Waals surface area contributed by atoms with Gasteiger partial charge in [0.1, 0.15) is 0 Å². The van der Waals surface area contributed by atoms with Crippen molar-refractivity contribution in [2.45, 2.75) is 38.3 Å². The molecule has 0 aliphatic carbocycles. The molecule has 2 rings (SSSR count). The molecule has 0 aromatic heterocycles. The van der Waals surface area contributed by atoms with Crippen molar-refractivity contribution in [1.29, 1.82) is 0 Å². The molecule has 2 heteroatoms. The lowest BCUT2D eigenvalue weighted by atomic mass is 10.1. The lowest BCUT2D eigenvalue weighted by Gasteiger charge is -2.09. The largest absolute Gasteiger partial charge is 0.365 e. The number of nitrogens with zero attached hydrogens (tertiary/aromatic N) is 1. The SMILES string of the molecule is C=C1C(CC(C)NC)N1CCCc1ccccc1. The van der Waals surface area contributed by atoms with Crippen LogP contribution in [0.2, 0.25) is 0 Å². The summed E-state index contributed by atoms with van der Waals surface area (Å²) in [5.41, 5.74) is 2.76. The van der Waals surface area contributed by atoms with Gasteiger partial charge in [-0.1, -0.05) is 36.9 Å². The summed E-state index contributed by atoms with van der Waals surface area (Å²) in [6.45, 7) is 7.52. The molecule has 1 aromatic carbocycles. The average molecular weight is 244 g/mol. The number of hydrogen-bond donors (Lipinski definition) is 1. The fourth-order valence-corrected chi connectivity index (χ4v) is 2.45. The molecule has 0 radical (unpaired) electrons. The third-order valence-corrected chi connectivity index (χ3v) is 3.84. The Labute approximate surface area is 111 Å². The smallest absolute Gasteiger partial charge is 0.0696 e. The van der Waals surface area contributed by atoms with Crippen LogP contribution in [-0.2, 0) is 6.42 Å². The van der Waals surface area contributed by atoms with Gasteiger partial charge in [0.15, 0.2) is 0 Å². The van der Waals surface area contributed by atoms with Crippen molar-refractivity contribution in [2.24, 2.45) is 0 Å². The molecule has 2 nitrogen and oxygen atoms in total. The van der Waals surface area contributed by atoms with Crippen molar-refractivity contribution >= 4 is 0 Å². The van der Waals surface area contributed by atoms with E-state index in [1.54, 1.807) is 0 Å². The van der Waals surface area contributed by atoms with Crippen LogP contribution in [0.4, 0.5) is 0 Å². The summed E-state index contributed by atoms with van der Waals surface area (Å²) in [4.78, 5) is 2.44. The van der Waals surface area contributed by atoms with Crippen LogP contribution < -0.4 is 5.32 Å². The lowest BCUT2D eigenvalue weighted by Crippen LogP contribution is -2.24. The van der Waals surface area contributed by atoms with Gasteiger partial charge in [0.2, 0.25) is 0 Å². The fraction of sp³-hybridized carbons (Fsp3) is 0.500. The van der Waals surface area contributed by atoms with Crippen LogP contribution >= 0.6 is 0 Å². The Morgan fingerprint density at radius 3 is 2.72 bits per heavy atom. The van der Waals surface area contributed by atoms with Crippen molar-refractivity contribution < 1.29 is 0 Å². The summed E-state index contributed by atoms with van der Waals surface area (Å²) in [7, 11) is 2.02. The summed E-state index contributed by atoms with van der Waals surface area (Å²) >= 11 is 0. The highest BCUT2D eigenvalue weighted by molar-refractivity contribution is 5.23. The number of aryl methyl sites for hydroxylation is 1. The van der Waals surface area contributed by atoms with Gasteiger partial charge in [0.05, 0.1) is 6.04 Å². The van der Waals surface area contributed by atoms with Crippen molar-refractivity contribution in [2.75, 3.05) is 13.6 Å². The normalized spacial score (nSPS) is 20.0. The molecule has 1 saturated heterocycles. The summed E-state index contributed by atoms with van der Waals surface area (Å²) < 4.78 is 0. The van der Waals surface area contributed by atoms with Crippen LogP contribution in [0.25, 0.3) is 0 Å². The topological polar surface area (TPSA) is 15.0 Å². The Hall–Kier alpha value is -1.28. The van der Waals surface area contributed by atoms with Gasteiger partial charge in [-0.15, -0.1) is 0 Å². The average Bonchev–Trinajstić information content (AvgIpc) is 3.00. The van der Waals surface area contributed by atoms with Gasteiger partial charge < -0.3 is 10.2 Å². The molecular formula is C16H24N2. The molecule has 18 heavy (non-hydrogen) atoms. The van der Waals surface area contributed by atoms with Gasteiger partial charge in [0.25, 0.3) is 0 Å². The van der Waals surface area contributed by atoms with E-state index in [2.05, 4.69) is 54.1 Å². The first kappa shape index (κ1) is 13.2. The second kappa shape index (κ2) is 6.05. The summed E-state index contributed by atoms with van der Waals surface area (Å²) in [5, 5.41) is 3.29. The highest BCUT2D eigenvalue weighted by Gasteiger charge is 2.38. The van der Waals surface area contributed by atoms with Crippen LogP contribution in [0.1, 0.15) is 25.3 Å². The first-order chi connectivity index (χ1) is 8.72. The minimum absolute atomic E-state index is 0.575. The zero-order valence-electron chi connectivity index (χ0n) is 11.5. The number of rotatable bonds is 7. The quantitative estimate of drug-likeness (QED) is 0.742. The monoisotopic (exact) mass is 244 g/mol. The van der Waals surface area contributed by atoms with Crippen molar-refractivity contribution in [3.05, 3.63) is 48.2 Å². The Bertz CT molecular complexity index is 385. The second-order valence-corrected chi connectivity index (χ2v) is 5.22. The number of nitrogens with one attached hydrogen (secondary N) is 1. The van der Waals surface area contributed by atoms with Gasteiger partial charge in [-0.2, -0.15) is 0 Å². The van der Waals surface area contributed by atoms with Crippen LogP contribution in [0, 0.1) is 0 Å². The fourth-order valence-electron chi connectivity index (χ4n) is 2.45. The van der Waals surface area contributed by atoms with Gasteiger partial charge in [-0.25, -0.2) is 0 Å². The van der Waals surface area contributed by atoms with Crippen molar-refractivity contribution in [3.63, 3.8) is 0 Å². The van der Waals surface area contributed by atoms with Crippen LogP contribution in [0.5, 0.6) is 0 Å². The maximum atomic E-state index is 4.14. The van der Waals surface area contributed by atoms with E-state index in [9.17, 15) is 0 Å². The molecule has 0 spiro atoms. The minimum atomic E-state index is 0.575. The first-order valence-corrected chi connectivity index (χ1v) is 6.89. The van der Waals surface area contributed by atoms with Crippen LogP contribution in [-0.4, -0.2) is 30.6 Å². The molecule has 98 valence electrons. The van der Waals surface area contributed by atoms with Crippen molar-refractivity contribution in [1.82, 2.24) is 10.2 Å². The predicted octanol–water partition coefficient (Wildman–Crippen LogP) is 2.82. The Balaban J connectivity index is 1.68. The molecule has 2 atom stereocenters. The third-order valence-electron chi connectivity index (χ3n) is 3.84. The van der Waals surface area contributed by atoms with Crippen LogP contribution in [0.15, 0.2) is 42.6 Å². The zero-order chi connectivity index (χ0) is 13.0. The maximum absolute atomic E-state index is 4.14. The van der Waals surface area contributed by atoms with E-state index in [-0.39, 0.29) is 0 Å². The molecule has 1 aliphatic rings. The molecule has 0 amide bonds. The molecular weight excluding hydrogens is 220 g/mol. The number of benzene rings is 1. The predicted molar refractivity (Wildman–Crippen MR) is 77.5 cm³/mol. The summed E-state index contributed by atoms with van der Waals surface area (Å²) in [5.74, 6) is 0. The number of hydrogen-bond acceptors (Lipinski definition) is 2. The van der Waals surface area contributed by atoms with Crippen LogP contribution in [0.3, 0.4) is 0 Å². The molecule has 1 aromatic rings. The molecule has 2 unspecified atom stereocenters. The molecule has 1 aliphatic heterocycles. The molecule has 1 heterocycles. The highest BCUT2D eigenvalue weighted by atomic mass is 15.3. The van der Waals surface area contributed by atoms with E-state index in [0.717, 1.165) is 6.54 Å². The standard InChI is InChI=1S/C16H24N2/c1-13(17-3)12-16-14(2)18(16)11-7-10-15-8-5-4-6-9-15/h4-6,8-9,13,16-17H,2,7,10-12H2,1,3H3. The molecule has 0 saturated carbocycles. The van der Waals surface area contributed by atoms with E-state index in [4.69, 9.17) is 0 Å². The van der Waals surface area contributed by atoms with Gasteiger partial charge in [0, 0.05) is 18.3 Å². The third kappa shape index (κ3) is 3.36. The molecule has 0 bridgehead atoms. The van der Waals surface area contributed by atoms with Gasteiger partial charge in [-0.05, 0) is 38.8 Å². The van der Waals surface area contributed by atoms with E-state index in [0.29, 0.717) is 12.1 Å². The van der Waals surface area contributed by atoms with E-state index >= 15 is 0 Å². The van der Waals surface area contributed by atoms with E-state index in [1.165, 1.54) is 30.5 Å². The first-order valence-electron chi connectivity index (χ1n) is 6.89. The molecule has 1 N–H and O–H groups in total. The molecule has 1 fully saturated rings. The Kier molecular flexibility index (Phi) is 4.43. The zero-order valence-corrected chi connectivity index (χ0v) is 11.5. The highest BCUT2D eigenvalue weighted by Crippen LogP contribution is 2.34. The summed E-state index contributed by atoms with van der Waals surface area (Å²) in [6, 6.07) is 11.9. The van der Waals surface area contributed by atoms with E-state index < -0.39 is 0 Å². The van der Waals surface area contributed by atoms with Crippen molar-refractivity contribution in [3.8, 4) is 0 Å². The second-order valence-electron chi connectivity index (χ2n) is 5.22. The maximum Gasteiger partial charge on any atom is 0.0696 e. The Morgan fingerprint density at radius 1 is 1.33 bits per heavy atom. The minimum Gasteiger partial charge on any atom is -0.365 e.